The van der Waals surface area contributed by atoms with Crippen LogP contribution in [-0.4, -0.2) is 166 Å². The molecule has 3 aliphatic rings. The predicted octanol–water partition coefficient (Wildman–Crippen LogP) is 2.17. The Bertz CT molecular complexity index is 3210. The number of rotatable bonds is 35. The van der Waals surface area contributed by atoms with Crippen molar-refractivity contribution < 1.29 is 84.3 Å². The minimum Gasteiger partial charge on any atom is -0.446 e. The Morgan fingerprint density at radius 3 is 2.17 bits per heavy atom. The van der Waals surface area contributed by atoms with Crippen molar-refractivity contribution in [3.63, 3.8) is 0 Å². The first-order valence-corrected chi connectivity index (χ1v) is 30.7. The molecule has 0 spiro atoms. The lowest BCUT2D eigenvalue weighted by molar-refractivity contribution is -0.198. The van der Waals surface area contributed by atoms with E-state index in [9.17, 15) is 51.6 Å². The number of benzene rings is 2. The molecule has 2 aromatic carbocycles. The van der Waals surface area contributed by atoms with Crippen molar-refractivity contribution in [3.05, 3.63) is 83.8 Å². The number of alkyl carbamates (subject to hydrolysis) is 2. The lowest BCUT2D eigenvalue weighted by Crippen LogP contribution is -2.54. The van der Waals surface area contributed by atoms with Crippen LogP contribution in [0.5, 0.6) is 0 Å². The largest absolute Gasteiger partial charge is 0.446 e. The first-order valence-electron chi connectivity index (χ1n) is 29.2. The van der Waals surface area contributed by atoms with Gasteiger partial charge < -0.3 is 76.0 Å². The number of aromatic nitrogens is 3. The Hall–Kier alpha value is -8.56. The summed E-state index contributed by atoms with van der Waals surface area (Å²) in [5.74, 6) is -4.13. The van der Waals surface area contributed by atoms with Gasteiger partial charge in [-0.05, 0) is 72.9 Å². The van der Waals surface area contributed by atoms with Gasteiger partial charge in [0.2, 0.25) is 17.7 Å². The molecule has 1 saturated carbocycles. The maximum atomic E-state index is 13.6. The Kier molecular flexibility index (Phi) is 25.7. The number of urea groups is 1. The van der Waals surface area contributed by atoms with E-state index in [4.69, 9.17) is 43.6 Å². The lowest BCUT2D eigenvalue weighted by atomic mass is 10.0. The molecule has 0 bridgehead atoms. The van der Waals surface area contributed by atoms with Crippen LogP contribution in [0.25, 0.3) is 11.0 Å². The average molecular weight is 1260 g/mol. The van der Waals surface area contributed by atoms with Gasteiger partial charge in [0.25, 0.3) is 11.8 Å². The molecule has 1 saturated heterocycles. The molecule has 0 unspecified atom stereocenters. The maximum absolute atomic E-state index is 13.6. The summed E-state index contributed by atoms with van der Waals surface area (Å²) in [6, 6.07) is 13.6. The van der Waals surface area contributed by atoms with Gasteiger partial charge in [0.05, 0.1) is 64.1 Å². The number of nitrogens with two attached hydrogens (primary N) is 2. The molecule has 1 aliphatic heterocycles. The highest BCUT2D eigenvalue weighted by Crippen LogP contribution is 2.40. The van der Waals surface area contributed by atoms with E-state index in [-0.39, 0.29) is 123 Å². The van der Waals surface area contributed by atoms with Gasteiger partial charge in [-0.15, -0.1) is 5.06 Å². The SMILES string of the molecule is CC(C)[C@@H](NC(=O)CCOCCC(=O)ON1C(=O)CCC1=O)C(=O)N[C@H](CCCNC(N)=O)C(=O)Nc1ccc(COC(=O)NCCOCCOCCNC(=O)O[C@H]2C[C@H](n3ccc4c(N[C@H]5CCc6ccccc65)ncnc43)C[C@H]2COS(N)(=O)=O)cc1. The summed E-state index contributed by atoms with van der Waals surface area (Å²) in [4.78, 5) is 126. The van der Waals surface area contributed by atoms with Crippen molar-refractivity contribution in [3.8, 4) is 0 Å². The summed E-state index contributed by atoms with van der Waals surface area (Å²) < 4.78 is 58.0. The lowest BCUT2D eigenvalue weighted by Gasteiger charge is -2.25. The molecule has 2 fully saturated rings. The van der Waals surface area contributed by atoms with Crippen LogP contribution in [0.2, 0.25) is 0 Å². The van der Waals surface area contributed by atoms with Gasteiger partial charge in [-0.2, -0.15) is 8.42 Å². The number of nitrogens with one attached hydrogen (secondary N) is 7. The predicted molar refractivity (Wildman–Crippen MR) is 315 cm³/mol. The third-order valence-electron chi connectivity index (χ3n) is 14.6. The number of fused-ring (bicyclic) bond motifs is 2. The average Bonchev–Trinajstić information content (AvgIpc) is 2.23. The number of hydroxylamine groups is 2. The third kappa shape index (κ3) is 21.6. The topological polar surface area (TPSA) is 423 Å². The van der Waals surface area contributed by atoms with Crippen LogP contribution in [0.1, 0.15) is 100 Å². The second kappa shape index (κ2) is 33.7. The summed E-state index contributed by atoms with van der Waals surface area (Å²) in [5, 5.41) is 25.7. The van der Waals surface area contributed by atoms with E-state index in [1.54, 1.807) is 38.1 Å². The molecule has 4 aromatic rings. The number of primary amides is 1. The number of hydrogen-bond donors (Lipinski definition) is 9. The van der Waals surface area contributed by atoms with E-state index < -0.39 is 94.1 Å². The Morgan fingerprint density at radius 1 is 0.764 bits per heavy atom. The van der Waals surface area contributed by atoms with Crippen LogP contribution in [0, 0.1) is 11.8 Å². The van der Waals surface area contributed by atoms with E-state index in [0.29, 0.717) is 40.6 Å². The highest BCUT2D eigenvalue weighted by atomic mass is 32.2. The molecule has 484 valence electrons. The fourth-order valence-electron chi connectivity index (χ4n) is 10.2. The molecule has 9 amide bonds. The molecule has 31 nitrogen and oxygen atoms in total. The van der Waals surface area contributed by atoms with Gasteiger partial charge in [-0.3, -0.25) is 28.2 Å². The molecular weight excluding hydrogens is 1190 g/mol. The molecule has 89 heavy (non-hydrogen) atoms. The van der Waals surface area contributed by atoms with Crippen LogP contribution in [0.15, 0.2) is 67.1 Å². The summed E-state index contributed by atoms with van der Waals surface area (Å²) in [6.07, 6.45) is 3.68. The summed E-state index contributed by atoms with van der Waals surface area (Å²) in [7, 11) is -4.26. The van der Waals surface area contributed by atoms with Crippen molar-refractivity contribution >= 4 is 86.6 Å². The van der Waals surface area contributed by atoms with E-state index in [0.717, 1.165) is 18.2 Å². The fraction of sp³-hybridized carbons (Fsp3) is 0.526. The molecule has 6 atom stereocenters. The van der Waals surface area contributed by atoms with Gasteiger partial charge in [0.15, 0.2) is 0 Å². The normalized spacial score (nSPS) is 17.8. The van der Waals surface area contributed by atoms with Crippen molar-refractivity contribution in [2.24, 2.45) is 22.7 Å². The number of aryl methyl sites for hydroxylation is 1. The number of hydrogen-bond acceptors (Lipinski definition) is 21. The zero-order valence-corrected chi connectivity index (χ0v) is 50.3. The molecule has 0 radical (unpaired) electrons. The molecule has 11 N–H and O–H groups in total. The molecule has 7 rings (SSSR count). The minimum absolute atomic E-state index is 0.0464. The van der Waals surface area contributed by atoms with Gasteiger partial charge in [-0.25, -0.2) is 34.3 Å². The number of ether oxygens (including phenoxy) is 5. The molecule has 32 heteroatoms. The van der Waals surface area contributed by atoms with Crippen molar-refractivity contribution in [2.75, 3.05) is 76.5 Å². The Balaban J connectivity index is 0.751. The minimum atomic E-state index is -4.26. The van der Waals surface area contributed by atoms with Gasteiger partial charge in [0.1, 0.15) is 42.6 Å². The molecule has 2 aliphatic carbocycles. The van der Waals surface area contributed by atoms with Crippen LogP contribution < -0.4 is 48.1 Å². The van der Waals surface area contributed by atoms with Gasteiger partial charge in [-0.1, -0.05) is 50.2 Å². The molecule has 3 heterocycles. The second-order valence-electron chi connectivity index (χ2n) is 21.5. The second-order valence-corrected chi connectivity index (χ2v) is 22.7. The fourth-order valence-corrected chi connectivity index (χ4v) is 10.5. The van der Waals surface area contributed by atoms with Crippen molar-refractivity contribution in [2.45, 2.75) is 115 Å². The zero-order chi connectivity index (χ0) is 63.9. The third-order valence-corrected chi connectivity index (χ3v) is 15.1. The monoisotopic (exact) mass is 1260 g/mol. The smallest absolute Gasteiger partial charge is 0.407 e. The first kappa shape index (κ1) is 67.9. The van der Waals surface area contributed by atoms with Crippen LogP contribution in [0.4, 0.5) is 25.9 Å². The highest BCUT2D eigenvalue weighted by Gasteiger charge is 2.40. The van der Waals surface area contributed by atoms with Gasteiger partial charge >= 0.3 is 34.5 Å². The molecule has 2 aromatic heterocycles. The summed E-state index contributed by atoms with van der Waals surface area (Å²) >= 11 is 0. The summed E-state index contributed by atoms with van der Waals surface area (Å²) in [6.45, 7) is 3.67. The zero-order valence-electron chi connectivity index (χ0n) is 49.4. The standard InChI is InChI=1S/C57H77N13O18S/c1-35(2)50(68-46(71)18-24-82-25-19-49(74)88-70-47(72)15-16-48(70)73)54(76)67-44(8-5-20-60-55(58)77)53(75)65-39-12-9-36(10-13-39)32-85-56(78)61-21-26-83-28-29-84-27-22-62-57(79)87-45-31-40(30-38(45)33-86-89(59,80)81)69-23-17-42-51(63-34-64-52(42)69)66-43-14-11-37-6-3-4-7-41(37)43/h3-4,6-7,9-10,12-13,17,23,34-35,38,40,43-45,50H,5,8,11,14-16,18-22,24-33H2,1-2H3,(H,61,78)(H,62,79)(H,65,75)(H,67,76)(H,68,71)(H3,58,60,77)(H2,59,80,81)(H,63,64,66)/t38-,40+,43-,44+,45-,50+/m0/s1. The van der Waals surface area contributed by atoms with Crippen molar-refractivity contribution in [1.29, 1.82) is 0 Å². The van der Waals surface area contributed by atoms with E-state index in [1.165, 1.54) is 17.5 Å². The highest BCUT2D eigenvalue weighted by molar-refractivity contribution is 7.84. The van der Waals surface area contributed by atoms with Crippen LogP contribution >= 0.6 is 0 Å². The van der Waals surface area contributed by atoms with E-state index in [1.807, 2.05) is 29.0 Å². The number of nitrogens with zero attached hydrogens (tertiary/aromatic N) is 4. The Morgan fingerprint density at radius 2 is 1.46 bits per heavy atom. The quantitative estimate of drug-likeness (QED) is 0.0235. The number of anilines is 2. The maximum Gasteiger partial charge on any atom is 0.407 e. The van der Waals surface area contributed by atoms with Crippen LogP contribution in [0.3, 0.4) is 0 Å². The number of imide groups is 1. The van der Waals surface area contributed by atoms with Gasteiger partial charge in [0, 0.05) is 69.2 Å². The number of carbonyl (C=O) groups is 9. The number of carbonyl (C=O) groups excluding carboxylic acids is 9. The summed E-state index contributed by atoms with van der Waals surface area (Å²) in [5.41, 5.74) is 9.35. The van der Waals surface area contributed by atoms with E-state index >= 15 is 0 Å². The van der Waals surface area contributed by atoms with Crippen LogP contribution in [-0.2, 0) is 84.8 Å². The first-order chi connectivity index (χ1) is 42.7. The Labute approximate surface area is 513 Å². The molecular formula is C57H77N13O18S. The van der Waals surface area contributed by atoms with E-state index in [2.05, 4.69) is 59.3 Å². The number of amides is 9. The van der Waals surface area contributed by atoms with Crippen molar-refractivity contribution in [1.82, 2.24) is 46.2 Å².